The van der Waals surface area contributed by atoms with Crippen LogP contribution in [0.3, 0.4) is 0 Å². The van der Waals surface area contributed by atoms with E-state index in [9.17, 15) is 14.3 Å². The first-order valence-corrected chi connectivity index (χ1v) is 9.54. The summed E-state index contributed by atoms with van der Waals surface area (Å²) in [6, 6.07) is 8.38. The molecule has 1 amide bonds. The predicted molar refractivity (Wildman–Crippen MR) is 107 cm³/mol. The van der Waals surface area contributed by atoms with E-state index in [2.05, 4.69) is 16.0 Å². The van der Waals surface area contributed by atoms with Crippen LogP contribution in [-0.2, 0) is 0 Å². The number of amides is 1. The molecule has 1 saturated heterocycles. The van der Waals surface area contributed by atoms with Crippen molar-refractivity contribution in [2.45, 2.75) is 6.42 Å². The third kappa shape index (κ3) is 2.93. The summed E-state index contributed by atoms with van der Waals surface area (Å²) < 4.78 is 19.3. The third-order valence-corrected chi connectivity index (χ3v) is 5.99. The monoisotopic (exact) mass is 393 g/mol. The van der Waals surface area contributed by atoms with Crippen LogP contribution in [0.25, 0.3) is 27.7 Å². The number of pyridine rings is 1. The van der Waals surface area contributed by atoms with Crippen molar-refractivity contribution in [3.8, 4) is 16.9 Å². The van der Waals surface area contributed by atoms with Crippen molar-refractivity contribution in [1.82, 2.24) is 14.9 Å². The molecule has 7 heteroatoms. The predicted octanol–water partition coefficient (Wildman–Crippen LogP) is 4.39. The summed E-state index contributed by atoms with van der Waals surface area (Å²) in [6.45, 7) is 1.12. The number of benzene rings is 1. The standard InChI is InChI=1S/C22H20FN3O3/c1-29-20-3-2-15(23)8-17(20)16-4-5-24-21-18(16)9-19(25-21)12-6-13-10-26(22(27)28)11-14(13)7-12/h2-6,8-9,13-14H,7,10-11H2,1H3,(H,24,25)(H,27,28)/t13-,14+/m1/s1. The highest BCUT2D eigenvalue weighted by molar-refractivity contribution is 5.96. The number of hydrogen-bond donors (Lipinski definition) is 2. The molecule has 1 fully saturated rings. The summed E-state index contributed by atoms with van der Waals surface area (Å²) in [4.78, 5) is 20.5. The minimum atomic E-state index is -0.849. The van der Waals surface area contributed by atoms with Gasteiger partial charge in [-0.2, -0.15) is 0 Å². The number of likely N-dealkylation sites (tertiary alicyclic amines) is 1. The molecular formula is C22H20FN3O3. The zero-order valence-corrected chi connectivity index (χ0v) is 15.9. The number of nitrogens with zero attached hydrogens (tertiary/aromatic N) is 2. The quantitative estimate of drug-likeness (QED) is 0.692. The lowest BCUT2D eigenvalue weighted by Gasteiger charge is -2.12. The molecule has 2 aromatic heterocycles. The summed E-state index contributed by atoms with van der Waals surface area (Å²) in [7, 11) is 1.57. The number of halogens is 1. The van der Waals surface area contributed by atoms with E-state index in [0.717, 1.165) is 28.7 Å². The molecule has 1 aliphatic heterocycles. The van der Waals surface area contributed by atoms with Gasteiger partial charge in [0.05, 0.1) is 7.11 Å². The molecular weight excluding hydrogens is 373 g/mol. The van der Waals surface area contributed by atoms with Crippen LogP contribution >= 0.6 is 0 Å². The van der Waals surface area contributed by atoms with E-state index in [1.165, 1.54) is 22.6 Å². The number of ether oxygens (including phenoxy) is 1. The van der Waals surface area contributed by atoms with Crippen LogP contribution < -0.4 is 4.74 Å². The first-order chi connectivity index (χ1) is 14.0. The topological polar surface area (TPSA) is 78.5 Å². The Morgan fingerprint density at radius 2 is 2.14 bits per heavy atom. The van der Waals surface area contributed by atoms with Gasteiger partial charge in [-0.3, -0.25) is 0 Å². The van der Waals surface area contributed by atoms with Gasteiger partial charge in [0.1, 0.15) is 17.2 Å². The van der Waals surface area contributed by atoms with Crippen molar-refractivity contribution in [2.75, 3.05) is 20.2 Å². The fourth-order valence-corrected chi connectivity index (χ4v) is 4.59. The normalized spacial score (nSPS) is 20.8. The number of carboxylic acid groups (broad SMARTS) is 1. The maximum atomic E-state index is 13.9. The molecule has 3 heterocycles. The van der Waals surface area contributed by atoms with Crippen LogP contribution in [-0.4, -0.2) is 46.3 Å². The fourth-order valence-electron chi connectivity index (χ4n) is 4.59. The average Bonchev–Trinajstić information content (AvgIpc) is 3.39. The Hall–Kier alpha value is -3.35. The lowest BCUT2D eigenvalue weighted by molar-refractivity contribution is 0.153. The number of H-pyrrole nitrogens is 1. The fraction of sp³-hybridized carbons (Fsp3) is 0.273. The molecule has 1 aromatic carbocycles. The lowest BCUT2D eigenvalue weighted by Crippen LogP contribution is -2.27. The highest BCUT2D eigenvalue weighted by atomic mass is 19.1. The van der Waals surface area contributed by atoms with E-state index in [1.807, 2.05) is 12.1 Å². The minimum Gasteiger partial charge on any atom is -0.496 e. The summed E-state index contributed by atoms with van der Waals surface area (Å²) in [5.74, 6) is 0.854. The van der Waals surface area contributed by atoms with Gasteiger partial charge in [-0.1, -0.05) is 6.08 Å². The Morgan fingerprint density at radius 3 is 2.90 bits per heavy atom. The molecule has 0 bridgehead atoms. The highest BCUT2D eigenvalue weighted by Gasteiger charge is 2.38. The maximum absolute atomic E-state index is 13.9. The van der Waals surface area contributed by atoms with Gasteiger partial charge in [0.15, 0.2) is 0 Å². The van der Waals surface area contributed by atoms with Gasteiger partial charge in [0.25, 0.3) is 0 Å². The number of aromatic amines is 1. The molecule has 2 aliphatic rings. The van der Waals surface area contributed by atoms with Crippen molar-refractivity contribution in [1.29, 1.82) is 0 Å². The summed E-state index contributed by atoms with van der Waals surface area (Å²) in [6.07, 6.45) is 3.86. The van der Waals surface area contributed by atoms with Crippen LogP contribution in [0.2, 0.25) is 0 Å². The SMILES string of the molecule is COc1ccc(F)cc1-c1ccnc2[nH]c(C3=C[C@@H]4CN(C(=O)O)C[C@@H]4C3)cc12. The van der Waals surface area contributed by atoms with Crippen LogP contribution in [0.4, 0.5) is 9.18 Å². The zero-order chi connectivity index (χ0) is 20.1. The van der Waals surface area contributed by atoms with E-state index in [4.69, 9.17) is 4.74 Å². The Bertz CT molecular complexity index is 1150. The number of hydrogen-bond acceptors (Lipinski definition) is 3. The molecule has 3 aromatic rings. The molecule has 1 aliphatic carbocycles. The van der Waals surface area contributed by atoms with Crippen LogP contribution in [0, 0.1) is 17.7 Å². The molecule has 2 N–H and O–H groups in total. The Morgan fingerprint density at radius 1 is 1.28 bits per heavy atom. The first kappa shape index (κ1) is 17.7. The summed E-state index contributed by atoms with van der Waals surface area (Å²) in [5, 5.41) is 10.1. The highest BCUT2D eigenvalue weighted by Crippen LogP contribution is 2.42. The van der Waals surface area contributed by atoms with Crippen molar-refractivity contribution >= 4 is 22.7 Å². The Kier molecular flexibility index (Phi) is 4.04. The Labute approximate surface area is 166 Å². The summed E-state index contributed by atoms with van der Waals surface area (Å²) in [5.41, 5.74) is 4.42. The average molecular weight is 393 g/mol. The van der Waals surface area contributed by atoms with Crippen molar-refractivity contribution in [2.24, 2.45) is 11.8 Å². The van der Waals surface area contributed by atoms with E-state index in [-0.39, 0.29) is 11.7 Å². The van der Waals surface area contributed by atoms with Crippen molar-refractivity contribution < 1.29 is 19.0 Å². The zero-order valence-electron chi connectivity index (χ0n) is 15.9. The number of fused-ring (bicyclic) bond motifs is 2. The van der Waals surface area contributed by atoms with Gasteiger partial charge >= 0.3 is 6.09 Å². The molecule has 0 spiro atoms. The van der Waals surface area contributed by atoms with Crippen LogP contribution in [0.1, 0.15) is 12.1 Å². The second-order valence-electron chi connectivity index (χ2n) is 7.66. The van der Waals surface area contributed by atoms with Gasteiger partial charge in [0.2, 0.25) is 0 Å². The van der Waals surface area contributed by atoms with E-state index >= 15 is 0 Å². The number of methoxy groups -OCH3 is 1. The molecule has 0 saturated carbocycles. The van der Waals surface area contributed by atoms with E-state index in [0.29, 0.717) is 30.3 Å². The van der Waals surface area contributed by atoms with E-state index < -0.39 is 6.09 Å². The van der Waals surface area contributed by atoms with Gasteiger partial charge < -0.3 is 19.7 Å². The summed E-state index contributed by atoms with van der Waals surface area (Å²) >= 11 is 0. The van der Waals surface area contributed by atoms with Gasteiger partial charge in [-0.25, -0.2) is 14.2 Å². The molecule has 148 valence electrons. The minimum absolute atomic E-state index is 0.253. The number of carbonyl (C=O) groups is 1. The van der Waals surface area contributed by atoms with Gasteiger partial charge in [0, 0.05) is 41.8 Å². The van der Waals surface area contributed by atoms with E-state index in [1.54, 1.807) is 19.4 Å². The second kappa shape index (κ2) is 6.62. The molecule has 0 radical (unpaired) electrons. The van der Waals surface area contributed by atoms with Crippen molar-refractivity contribution in [3.63, 3.8) is 0 Å². The largest absolute Gasteiger partial charge is 0.496 e. The number of aromatic nitrogens is 2. The smallest absolute Gasteiger partial charge is 0.407 e. The first-order valence-electron chi connectivity index (χ1n) is 9.54. The van der Waals surface area contributed by atoms with Crippen LogP contribution in [0.15, 0.2) is 42.6 Å². The second-order valence-corrected chi connectivity index (χ2v) is 7.66. The molecule has 5 rings (SSSR count). The molecule has 0 unspecified atom stereocenters. The number of nitrogens with one attached hydrogen (secondary N) is 1. The molecule has 29 heavy (non-hydrogen) atoms. The molecule has 2 atom stereocenters. The maximum Gasteiger partial charge on any atom is 0.407 e. The van der Waals surface area contributed by atoms with Crippen LogP contribution in [0.5, 0.6) is 5.75 Å². The van der Waals surface area contributed by atoms with Gasteiger partial charge in [-0.15, -0.1) is 0 Å². The van der Waals surface area contributed by atoms with Crippen molar-refractivity contribution in [3.05, 3.63) is 54.1 Å². The Balaban J connectivity index is 1.53. The number of allylic oxidation sites excluding steroid dienone is 1. The number of rotatable bonds is 3. The lowest BCUT2D eigenvalue weighted by atomic mass is 9.99. The third-order valence-electron chi connectivity index (χ3n) is 5.99. The molecule has 6 nitrogen and oxygen atoms in total. The van der Waals surface area contributed by atoms with Gasteiger partial charge in [-0.05, 0) is 53.8 Å².